The maximum absolute atomic E-state index is 11.6. The minimum absolute atomic E-state index is 0.194. The maximum atomic E-state index is 11.6. The Morgan fingerprint density at radius 3 is 2.15 bits per heavy atom. The van der Waals surface area contributed by atoms with Crippen molar-refractivity contribution in [1.29, 1.82) is 0 Å². The van der Waals surface area contributed by atoms with E-state index >= 15 is 0 Å². The number of phosphoric acid groups is 1. The van der Waals surface area contributed by atoms with Gasteiger partial charge >= 0.3 is 0 Å². The molecule has 5 fully saturated rings. The lowest BCUT2D eigenvalue weighted by Gasteiger charge is -2.59. The standard InChI is InChI=1S/C15H26O9P2S/c16-12-11(7-22-26(18,19)24-27(20,21)25)23-14(13(12)17)15-4-8-1-9(5-15)3-10(2-8)6-15/h8-14,16-17,25H,1-7H2,(H,18,19)(H,20,21)/p-2. The quantitative estimate of drug-likeness (QED) is 0.564. The highest BCUT2D eigenvalue weighted by molar-refractivity contribution is 8.15. The molecule has 6 atom stereocenters. The van der Waals surface area contributed by atoms with Gasteiger partial charge in [0.1, 0.15) is 18.3 Å². The third-order valence-corrected chi connectivity index (χ3v) is 9.29. The number of aliphatic hydroxyl groups is 2. The van der Waals surface area contributed by atoms with E-state index in [4.69, 9.17) is 4.74 Å². The van der Waals surface area contributed by atoms with Crippen molar-refractivity contribution in [3.05, 3.63) is 0 Å². The van der Waals surface area contributed by atoms with Gasteiger partial charge in [0.25, 0.3) is 7.82 Å². The molecule has 0 aromatic carbocycles. The van der Waals surface area contributed by atoms with Crippen molar-refractivity contribution in [2.45, 2.75) is 62.9 Å². The van der Waals surface area contributed by atoms with Crippen molar-refractivity contribution in [2.75, 3.05) is 6.61 Å². The van der Waals surface area contributed by atoms with Gasteiger partial charge in [0.15, 0.2) is 0 Å². The van der Waals surface area contributed by atoms with E-state index in [1.54, 1.807) is 0 Å². The largest absolute Gasteiger partial charge is 0.755 e. The third-order valence-electron chi connectivity index (χ3n) is 6.64. The van der Waals surface area contributed by atoms with Crippen LogP contribution in [0, 0.1) is 23.2 Å². The molecule has 0 amide bonds. The van der Waals surface area contributed by atoms with Crippen LogP contribution >= 0.6 is 15.8 Å². The molecule has 1 aliphatic heterocycles. The van der Waals surface area contributed by atoms with Crippen LogP contribution in [0.25, 0.3) is 0 Å². The SMILES string of the molecule is O=P([O-])(OCC1OC(C23CC4CC(CC(C4)C2)C3)C(O)C1O)OS(=O)([O-])=P. The van der Waals surface area contributed by atoms with Crippen LogP contribution in [0.5, 0.6) is 0 Å². The van der Waals surface area contributed by atoms with Crippen LogP contribution in [-0.2, 0) is 27.5 Å². The number of rotatable bonds is 6. The zero-order valence-corrected chi connectivity index (χ0v) is 17.3. The average Bonchev–Trinajstić information content (AvgIpc) is 2.78. The van der Waals surface area contributed by atoms with Gasteiger partial charge in [0, 0.05) is 15.1 Å². The van der Waals surface area contributed by atoms with E-state index in [9.17, 15) is 28.4 Å². The summed E-state index contributed by atoms with van der Waals surface area (Å²) in [6.45, 7) is -0.635. The van der Waals surface area contributed by atoms with Gasteiger partial charge in [-0.3, -0.25) is 4.57 Å². The van der Waals surface area contributed by atoms with Gasteiger partial charge in [-0.25, -0.2) is 8.18 Å². The first kappa shape index (κ1) is 20.7. The summed E-state index contributed by atoms with van der Waals surface area (Å²) in [5.41, 5.74) is -0.194. The van der Waals surface area contributed by atoms with Crippen LogP contribution in [0.15, 0.2) is 0 Å². The van der Waals surface area contributed by atoms with Crippen LogP contribution in [-0.4, -0.2) is 50.0 Å². The van der Waals surface area contributed by atoms with Crippen LogP contribution in [0.2, 0.25) is 0 Å². The molecule has 0 aromatic rings. The maximum Gasteiger partial charge on any atom is 0.280 e. The number of phosphoric ester groups is 1. The Hall–Kier alpha value is 0.400. The summed E-state index contributed by atoms with van der Waals surface area (Å²) >= 11 is 0. The average molecular weight is 442 g/mol. The topological polar surface area (TPSA) is 148 Å². The summed E-state index contributed by atoms with van der Waals surface area (Å²) in [4.78, 5) is 11.6. The minimum Gasteiger partial charge on any atom is -0.755 e. The molecule has 5 aliphatic rings. The molecule has 4 saturated carbocycles. The third kappa shape index (κ3) is 4.17. The lowest BCUT2D eigenvalue weighted by Crippen LogP contribution is -2.54. The number of hydrogen-bond donors (Lipinski definition) is 2. The summed E-state index contributed by atoms with van der Waals surface area (Å²) in [7, 11) is -7.47. The van der Waals surface area contributed by atoms with Gasteiger partial charge in [0.05, 0.1) is 12.7 Å². The molecule has 12 heteroatoms. The summed E-state index contributed by atoms with van der Waals surface area (Å²) in [6.07, 6.45) is 2.38. The Labute approximate surface area is 160 Å². The highest BCUT2D eigenvalue weighted by Gasteiger charge is 2.60. The highest BCUT2D eigenvalue weighted by Crippen LogP contribution is 2.63. The van der Waals surface area contributed by atoms with E-state index in [0.29, 0.717) is 17.8 Å². The molecule has 5 rings (SSSR count). The predicted molar refractivity (Wildman–Crippen MR) is 93.2 cm³/mol. The monoisotopic (exact) mass is 442 g/mol. The van der Waals surface area contributed by atoms with E-state index in [0.717, 1.165) is 19.3 Å². The molecule has 156 valence electrons. The Morgan fingerprint density at radius 1 is 1.15 bits per heavy atom. The van der Waals surface area contributed by atoms with E-state index < -0.39 is 48.5 Å². The first-order valence-corrected chi connectivity index (χ1v) is 13.2. The van der Waals surface area contributed by atoms with Crippen molar-refractivity contribution in [3.63, 3.8) is 0 Å². The van der Waals surface area contributed by atoms with Gasteiger partial charge in [-0.05, 0) is 64.3 Å². The number of ether oxygens (including phenoxy) is 1. The van der Waals surface area contributed by atoms with Gasteiger partial charge in [-0.1, -0.05) is 0 Å². The van der Waals surface area contributed by atoms with Crippen LogP contribution in [0.3, 0.4) is 0 Å². The van der Waals surface area contributed by atoms with Crippen LogP contribution < -0.4 is 4.89 Å². The second kappa shape index (κ2) is 6.98. The molecule has 6 unspecified atom stereocenters. The van der Waals surface area contributed by atoms with Gasteiger partial charge < -0.3 is 28.9 Å². The molecule has 27 heavy (non-hydrogen) atoms. The van der Waals surface area contributed by atoms with E-state index in [1.165, 1.54) is 19.3 Å². The second-order valence-corrected chi connectivity index (χ2v) is 12.8. The first-order valence-electron chi connectivity index (χ1n) is 9.14. The Balaban J connectivity index is 1.43. The molecule has 0 spiro atoms. The first-order chi connectivity index (χ1) is 12.5. The zero-order valence-electron chi connectivity index (χ0n) is 14.6. The fourth-order valence-electron chi connectivity index (χ4n) is 6.23. The smallest absolute Gasteiger partial charge is 0.280 e. The lowest BCUT2D eigenvalue weighted by molar-refractivity contribution is -0.220. The van der Waals surface area contributed by atoms with Crippen LogP contribution in [0.1, 0.15) is 38.5 Å². The lowest BCUT2D eigenvalue weighted by atomic mass is 9.48. The number of aliphatic hydroxyl groups excluding tert-OH is 2. The van der Waals surface area contributed by atoms with Gasteiger partial charge in [-0.15, -0.1) is 0 Å². The molecular formula is C15H24O9P2S-2. The van der Waals surface area contributed by atoms with Crippen molar-refractivity contribution >= 4 is 25.5 Å². The molecule has 9 nitrogen and oxygen atoms in total. The molecule has 1 saturated heterocycles. The Bertz CT molecular complexity index is 706. The van der Waals surface area contributed by atoms with E-state index in [2.05, 4.69) is 16.5 Å². The summed E-state index contributed by atoms with van der Waals surface area (Å²) < 4.78 is 47.6. The molecular weight excluding hydrogens is 418 g/mol. The fraction of sp³-hybridized carbons (Fsp3) is 1.00. The Kier molecular flexibility index (Phi) is 5.34. The molecule has 1 heterocycles. The molecule has 4 bridgehead atoms. The molecule has 4 aliphatic carbocycles. The number of hydrogen-bond acceptors (Lipinski definition) is 9. The Morgan fingerprint density at radius 2 is 1.67 bits per heavy atom. The second-order valence-electron chi connectivity index (χ2n) is 8.63. The van der Waals surface area contributed by atoms with Crippen molar-refractivity contribution < 1.29 is 41.7 Å². The van der Waals surface area contributed by atoms with Crippen LogP contribution in [0.4, 0.5) is 0 Å². The molecule has 0 radical (unpaired) electrons. The summed E-state index contributed by atoms with van der Waals surface area (Å²) in [6, 6.07) is 0. The minimum atomic E-state index is -5.15. The normalized spacial score (nSPS) is 50.4. The van der Waals surface area contributed by atoms with E-state index in [-0.39, 0.29) is 5.41 Å². The van der Waals surface area contributed by atoms with Crippen molar-refractivity contribution in [2.24, 2.45) is 23.2 Å². The highest BCUT2D eigenvalue weighted by atomic mass is 32.5. The molecule has 0 aromatic heterocycles. The van der Waals surface area contributed by atoms with Crippen molar-refractivity contribution in [3.8, 4) is 0 Å². The predicted octanol–water partition coefficient (Wildman–Crippen LogP) is 0.581. The summed E-state index contributed by atoms with van der Waals surface area (Å²) in [5.74, 6) is 1.87. The zero-order chi connectivity index (χ0) is 19.6. The fourth-order valence-corrected chi connectivity index (χ4v) is 8.51. The van der Waals surface area contributed by atoms with E-state index in [1.807, 2.05) is 0 Å². The summed E-state index contributed by atoms with van der Waals surface area (Å²) in [5, 5.41) is 20.9. The van der Waals surface area contributed by atoms with Crippen molar-refractivity contribution in [1.82, 2.24) is 0 Å². The molecule has 2 N–H and O–H groups in total. The van der Waals surface area contributed by atoms with Gasteiger partial charge in [-0.2, -0.15) is 0 Å². The van der Waals surface area contributed by atoms with Gasteiger partial charge in [0.2, 0.25) is 0 Å².